The van der Waals surface area contributed by atoms with Gasteiger partial charge in [0.2, 0.25) is 0 Å². The minimum absolute atomic E-state index is 0.309. The Morgan fingerprint density at radius 2 is 2.11 bits per heavy atom. The predicted octanol–water partition coefficient (Wildman–Crippen LogP) is 1.77. The SMILES string of the molecule is NC(=S)c1cc(NCCc2ccccn2)ccn1. The van der Waals surface area contributed by atoms with E-state index in [0.717, 1.165) is 24.3 Å². The van der Waals surface area contributed by atoms with E-state index in [0.29, 0.717) is 10.7 Å². The summed E-state index contributed by atoms with van der Waals surface area (Å²) in [4.78, 5) is 8.66. The number of pyridine rings is 2. The highest BCUT2D eigenvalue weighted by atomic mass is 32.1. The largest absolute Gasteiger partial charge is 0.388 e. The van der Waals surface area contributed by atoms with Crippen LogP contribution in [-0.4, -0.2) is 21.5 Å². The van der Waals surface area contributed by atoms with Crippen LogP contribution in [0.5, 0.6) is 0 Å². The first-order chi connectivity index (χ1) is 8.75. The van der Waals surface area contributed by atoms with Gasteiger partial charge < -0.3 is 11.1 Å². The number of hydrogen-bond donors (Lipinski definition) is 2. The van der Waals surface area contributed by atoms with Crippen molar-refractivity contribution in [1.82, 2.24) is 9.97 Å². The minimum atomic E-state index is 0.309. The Morgan fingerprint density at radius 3 is 2.83 bits per heavy atom. The zero-order valence-electron chi connectivity index (χ0n) is 9.84. The number of thiocarbonyl (C=S) groups is 1. The van der Waals surface area contributed by atoms with Crippen LogP contribution >= 0.6 is 12.2 Å². The summed E-state index contributed by atoms with van der Waals surface area (Å²) in [6, 6.07) is 9.64. The summed E-state index contributed by atoms with van der Waals surface area (Å²) < 4.78 is 0. The third kappa shape index (κ3) is 3.49. The molecule has 0 aliphatic rings. The van der Waals surface area contributed by atoms with E-state index < -0.39 is 0 Å². The van der Waals surface area contributed by atoms with Gasteiger partial charge in [-0.2, -0.15) is 0 Å². The van der Waals surface area contributed by atoms with Gasteiger partial charge in [0.1, 0.15) is 4.99 Å². The van der Waals surface area contributed by atoms with Crippen LogP contribution in [0.3, 0.4) is 0 Å². The Kier molecular flexibility index (Phi) is 4.20. The molecule has 2 aromatic rings. The molecule has 2 heterocycles. The number of nitrogens with one attached hydrogen (secondary N) is 1. The molecular weight excluding hydrogens is 244 g/mol. The van der Waals surface area contributed by atoms with Crippen LogP contribution in [0.2, 0.25) is 0 Å². The number of nitrogens with two attached hydrogens (primary N) is 1. The molecule has 0 saturated carbocycles. The molecule has 0 spiro atoms. The van der Waals surface area contributed by atoms with Crippen molar-refractivity contribution in [1.29, 1.82) is 0 Å². The Hall–Kier alpha value is -2.01. The molecule has 0 aromatic carbocycles. The van der Waals surface area contributed by atoms with Crippen LogP contribution in [0.1, 0.15) is 11.4 Å². The molecule has 0 bridgehead atoms. The third-order valence-electron chi connectivity index (χ3n) is 2.45. The van der Waals surface area contributed by atoms with Crippen LogP contribution in [0.25, 0.3) is 0 Å². The highest BCUT2D eigenvalue weighted by Gasteiger charge is 1.99. The molecule has 18 heavy (non-hydrogen) atoms. The predicted molar refractivity (Wildman–Crippen MR) is 76.6 cm³/mol. The maximum atomic E-state index is 5.53. The monoisotopic (exact) mass is 258 g/mol. The van der Waals surface area contributed by atoms with E-state index >= 15 is 0 Å². The molecule has 0 atom stereocenters. The first-order valence-corrected chi connectivity index (χ1v) is 6.06. The van der Waals surface area contributed by atoms with E-state index in [1.807, 2.05) is 30.3 Å². The van der Waals surface area contributed by atoms with Crippen molar-refractivity contribution < 1.29 is 0 Å². The standard InChI is InChI=1S/C13H14N4S/c14-13(18)12-9-11(5-8-17-12)16-7-4-10-3-1-2-6-15-10/h1-3,5-6,8-9H,4,7H2,(H2,14,18)(H,16,17). The van der Waals surface area contributed by atoms with Crippen molar-refractivity contribution in [2.45, 2.75) is 6.42 Å². The molecule has 92 valence electrons. The van der Waals surface area contributed by atoms with Crippen LogP contribution < -0.4 is 11.1 Å². The van der Waals surface area contributed by atoms with Crippen molar-refractivity contribution >= 4 is 22.9 Å². The first kappa shape index (κ1) is 12.4. The van der Waals surface area contributed by atoms with Gasteiger partial charge in [0, 0.05) is 36.7 Å². The summed E-state index contributed by atoms with van der Waals surface area (Å²) in [6.45, 7) is 0.803. The van der Waals surface area contributed by atoms with Crippen LogP contribution in [0.15, 0.2) is 42.7 Å². The summed E-state index contributed by atoms with van der Waals surface area (Å²) in [5.41, 5.74) is 8.19. The fourth-order valence-electron chi connectivity index (χ4n) is 1.56. The van der Waals surface area contributed by atoms with E-state index in [2.05, 4.69) is 15.3 Å². The maximum Gasteiger partial charge on any atom is 0.122 e. The molecule has 0 radical (unpaired) electrons. The highest BCUT2D eigenvalue weighted by Crippen LogP contribution is 2.08. The Labute approximate surface area is 111 Å². The zero-order valence-corrected chi connectivity index (χ0v) is 10.7. The third-order valence-corrected chi connectivity index (χ3v) is 2.66. The first-order valence-electron chi connectivity index (χ1n) is 5.65. The van der Waals surface area contributed by atoms with Crippen molar-refractivity contribution in [3.8, 4) is 0 Å². The lowest BCUT2D eigenvalue weighted by molar-refractivity contribution is 0.960. The minimum Gasteiger partial charge on any atom is -0.388 e. The van der Waals surface area contributed by atoms with Gasteiger partial charge in [-0.1, -0.05) is 18.3 Å². The number of hydrogen-bond acceptors (Lipinski definition) is 4. The number of nitrogens with zero attached hydrogens (tertiary/aromatic N) is 2. The molecule has 0 aliphatic heterocycles. The lowest BCUT2D eigenvalue weighted by Crippen LogP contribution is -2.12. The Bertz CT molecular complexity index is 528. The van der Waals surface area contributed by atoms with Crippen LogP contribution in [-0.2, 0) is 6.42 Å². The molecular formula is C13H14N4S. The highest BCUT2D eigenvalue weighted by molar-refractivity contribution is 7.80. The topological polar surface area (TPSA) is 63.8 Å². The molecule has 5 heteroatoms. The number of rotatable bonds is 5. The van der Waals surface area contributed by atoms with Gasteiger partial charge in [-0.25, -0.2) is 0 Å². The fraction of sp³-hybridized carbons (Fsp3) is 0.154. The summed E-state index contributed by atoms with van der Waals surface area (Å²) in [5, 5.41) is 3.29. The van der Waals surface area contributed by atoms with Crippen molar-refractivity contribution in [3.05, 3.63) is 54.1 Å². The molecule has 2 rings (SSSR count). The molecule has 3 N–H and O–H groups in total. The van der Waals surface area contributed by atoms with E-state index in [9.17, 15) is 0 Å². The second-order valence-corrected chi connectivity index (χ2v) is 4.23. The molecule has 2 aromatic heterocycles. The number of anilines is 1. The molecule has 0 amide bonds. The smallest absolute Gasteiger partial charge is 0.122 e. The van der Waals surface area contributed by atoms with Gasteiger partial charge in [-0.3, -0.25) is 9.97 Å². The van der Waals surface area contributed by atoms with Gasteiger partial charge in [-0.15, -0.1) is 0 Å². The van der Waals surface area contributed by atoms with Crippen LogP contribution in [0.4, 0.5) is 5.69 Å². The quantitative estimate of drug-likeness (QED) is 0.800. The summed E-state index contributed by atoms with van der Waals surface area (Å²) in [7, 11) is 0. The van der Waals surface area contributed by atoms with Gasteiger partial charge in [0.25, 0.3) is 0 Å². The molecule has 0 saturated heterocycles. The van der Waals surface area contributed by atoms with Crippen LogP contribution in [0, 0.1) is 0 Å². The summed E-state index contributed by atoms with van der Waals surface area (Å²) in [6.07, 6.45) is 4.36. The maximum absolute atomic E-state index is 5.53. The summed E-state index contributed by atoms with van der Waals surface area (Å²) >= 11 is 4.89. The van der Waals surface area contributed by atoms with Crippen molar-refractivity contribution in [3.63, 3.8) is 0 Å². The molecule has 0 unspecified atom stereocenters. The van der Waals surface area contributed by atoms with E-state index in [1.165, 1.54) is 0 Å². The average molecular weight is 258 g/mol. The molecule has 4 nitrogen and oxygen atoms in total. The summed E-state index contributed by atoms with van der Waals surface area (Å²) in [5.74, 6) is 0. The lowest BCUT2D eigenvalue weighted by Gasteiger charge is -2.07. The Morgan fingerprint density at radius 1 is 1.22 bits per heavy atom. The van der Waals surface area contributed by atoms with Gasteiger partial charge >= 0.3 is 0 Å². The average Bonchev–Trinajstić information content (AvgIpc) is 2.40. The van der Waals surface area contributed by atoms with Gasteiger partial charge in [-0.05, 0) is 24.3 Å². The zero-order chi connectivity index (χ0) is 12.8. The van der Waals surface area contributed by atoms with Gasteiger partial charge in [0.05, 0.1) is 5.69 Å². The second-order valence-electron chi connectivity index (χ2n) is 3.79. The second kappa shape index (κ2) is 6.07. The lowest BCUT2D eigenvalue weighted by atomic mass is 10.2. The van der Waals surface area contributed by atoms with Crippen molar-refractivity contribution in [2.75, 3.05) is 11.9 Å². The van der Waals surface area contributed by atoms with E-state index in [-0.39, 0.29) is 0 Å². The Balaban J connectivity index is 1.90. The molecule has 0 aliphatic carbocycles. The molecule has 0 fully saturated rings. The van der Waals surface area contributed by atoms with Crippen molar-refractivity contribution in [2.24, 2.45) is 5.73 Å². The normalized spacial score (nSPS) is 10.0. The van der Waals surface area contributed by atoms with Gasteiger partial charge in [0.15, 0.2) is 0 Å². The van der Waals surface area contributed by atoms with E-state index in [4.69, 9.17) is 18.0 Å². The fourth-order valence-corrected chi connectivity index (χ4v) is 1.67. The number of aromatic nitrogens is 2. The van der Waals surface area contributed by atoms with E-state index in [1.54, 1.807) is 12.4 Å².